The van der Waals surface area contributed by atoms with Crippen LogP contribution in [0.5, 0.6) is 0 Å². The molecule has 0 spiro atoms. The van der Waals surface area contributed by atoms with Gasteiger partial charge in [0.1, 0.15) is 0 Å². The van der Waals surface area contributed by atoms with Crippen molar-refractivity contribution in [3.8, 4) is 0 Å². The number of carbonyl (C=O) groups is 2. The van der Waals surface area contributed by atoms with Gasteiger partial charge in [-0.1, -0.05) is 55.8 Å². The molecule has 0 amide bonds. The number of allylic oxidation sites excluding steroid dienone is 2. The standard InChI is InChI=1S/C28H38O6/c1-19(14-25(31)32)12-13-27(2)22(18-34-26(33)15-20-8-5-4-6-9-20)16-24(30)28(3)21(17-29)10-7-11-23(27)28/h4-6,8-10,14,22-24,29-30H,7,11-13,15-18H2,1-3H3,(H,31,32)/t22-,23+,24-,27-,28-/m0/s1. The Bertz CT molecular complexity index is 935. The van der Waals surface area contributed by atoms with Gasteiger partial charge in [0.05, 0.1) is 25.7 Å². The molecule has 2 aliphatic rings. The number of esters is 1. The van der Waals surface area contributed by atoms with Gasteiger partial charge in [-0.05, 0) is 61.5 Å². The molecule has 3 rings (SSSR count). The van der Waals surface area contributed by atoms with Crippen LogP contribution in [0.4, 0.5) is 0 Å². The summed E-state index contributed by atoms with van der Waals surface area (Å²) >= 11 is 0. The fraction of sp³-hybridized carbons (Fsp3) is 0.571. The minimum atomic E-state index is -0.957. The van der Waals surface area contributed by atoms with E-state index in [1.54, 1.807) is 0 Å². The molecule has 5 atom stereocenters. The van der Waals surface area contributed by atoms with Crippen LogP contribution in [0.15, 0.2) is 53.6 Å². The van der Waals surface area contributed by atoms with E-state index in [-0.39, 0.29) is 42.9 Å². The predicted octanol–water partition coefficient (Wildman–Crippen LogP) is 4.31. The number of carboxylic acids is 1. The van der Waals surface area contributed by atoms with Gasteiger partial charge in [0.2, 0.25) is 0 Å². The molecule has 1 aromatic rings. The third-order valence-electron chi connectivity index (χ3n) is 8.43. The Labute approximate surface area is 202 Å². The number of hydrogen-bond acceptors (Lipinski definition) is 5. The molecule has 1 saturated carbocycles. The van der Waals surface area contributed by atoms with E-state index in [0.29, 0.717) is 12.8 Å². The topological polar surface area (TPSA) is 104 Å². The molecule has 1 fully saturated rings. The molecule has 6 nitrogen and oxygen atoms in total. The van der Waals surface area contributed by atoms with E-state index in [1.807, 2.05) is 44.2 Å². The van der Waals surface area contributed by atoms with Crippen LogP contribution in [0, 0.1) is 22.7 Å². The molecule has 0 radical (unpaired) electrons. The maximum Gasteiger partial charge on any atom is 0.328 e. The minimum Gasteiger partial charge on any atom is -0.478 e. The van der Waals surface area contributed by atoms with Crippen molar-refractivity contribution >= 4 is 11.9 Å². The Balaban J connectivity index is 1.83. The van der Waals surface area contributed by atoms with E-state index < -0.39 is 17.5 Å². The molecule has 6 heteroatoms. The van der Waals surface area contributed by atoms with Gasteiger partial charge in [0.25, 0.3) is 0 Å². The first-order valence-corrected chi connectivity index (χ1v) is 12.2. The van der Waals surface area contributed by atoms with Gasteiger partial charge >= 0.3 is 11.9 Å². The summed E-state index contributed by atoms with van der Waals surface area (Å²) in [7, 11) is 0. The molecule has 34 heavy (non-hydrogen) atoms. The highest BCUT2D eigenvalue weighted by Gasteiger charge is 2.59. The molecule has 0 unspecified atom stereocenters. The average molecular weight is 471 g/mol. The van der Waals surface area contributed by atoms with Crippen molar-refractivity contribution in [3.63, 3.8) is 0 Å². The highest BCUT2D eigenvalue weighted by Crippen LogP contribution is 2.62. The van der Waals surface area contributed by atoms with Crippen LogP contribution in [0.2, 0.25) is 0 Å². The predicted molar refractivity (Wildman–Crippen MR) is 130 cm³/mol. The highest BCUT2D eigenvalue weighted by atomic mass is 16.5. The highest BCUT2D eigenvalue weighted by molar-refractivity contribution is 5.80. The summed E-state index contributed by atoms with van der Waals surface area (Å²) in [6.45, 7) is 6.18. The number of aliphatic hydroxyl groups excluding tert-OH is 2. The Morgan fingerprint density at radius 3 is 2.56 bits per heavy atom. The molecule has 0 saturated heterocycles. The van der Waals surface area contributed by atoms with Crippen molar-refractivity contribution in [3.05, 3.63) is 59.2 Å². The molecule has 1 aromatic carbocycles. The smallest absolute Gasteiger partial charge is 0.328 e. The number of benzene rings is 1. The normalized spacial score (nSPS) is 31.4. The fourth-order valence-electron chi connectivity index (χ4n) is 6.32. The number of carboxylic acid groups (broad SMARTS) is 1. The average Bonchev–Trinajstić information content (AvgIpc) is 2.79. The molecule has 0 aliphatic heterocycles. The van der Waals surface area contributed by atoms with Gasteiger partial charge in [0, 0.05) is 17.4 Å². The van der Waals surface area contributed by atoms with Crippen molar-refractivity contribution in [2.24, 2.45) is 22.7 Å². The molecule has 0 heterocycles. The lowest BCUT2D eigenvalue weighted by atomic mass is 9.45. The lowest BCUT2D eigenvalue weighted by Gasteiger charge is -2.60. The first-order valence-electron chi connectivity index (χ1n) is 12.2. The molecule has 3 N–H and O–H groups in total. The second-order valence-corrected chi connectivity index (χ2v) is 10.4. The quantitative estimate of drug-likeness (QED) is 0.282. The molecule has 0 aromatic heterocycles. The first-order chi connectivity index (χ1) is 16.1. The van der Waals surface area contributed by atoms with Crippen LogP contribution in [0.1, 0.15) is 58.4 Å². The molecule has 2 aliphatic carbocycles. The van der Waals surface area contributed by atoms with Crippen molar-refractivity contribution < 1.29 is 29.6 Å². The van der Waals surface area contributed by atoms with Gasteiger partial charge in [-0.3, -0.25) is 4.79 Å². The maximum absolute atomic E-state index is 12.6. The van der Waals surface area contributed by atoms with Gasteiger partial charge < -0.3 is 20.1 Å². The van der Waals surface area contributed by atoms with Crippen molar-refractivity contribution in [2.45, 2.75) is 65.4 Å². The second-order valence-electron chi connectivity index (χ2n) is 10.4. The summed E-state index contributed by atoms with van der Waals surface area (Å²) in [5.74, 6) is -1.25. The number of aliphatic carboxylic acids is 1. The monoisotopic (exact) mass is 470 g/mol. The van der Waals surface area contributed by atoms with E-state index >= 15 is 0 Å². The van der Waals surface area contributed by atoms with E-state index in [0.717, 1.165) is 36.0 Å². The summed E-state index contributed by atoms with van der Waals surface area (Å²) in [4.78, 5) is 23.7. The van der Waals surface area contributed by atoms with Crippen LogP contribution in [0.3, 0.4) is 0 Å². The van der Waals surface area contributed by atoms with Crippen LogP contribution in [-0.2, 0) is 20.7 Å². The van der Waals surface area contributed by atoms with Crippen molar-refractivity contribution in [2.75, 3.05) is 13.2 Å². The largest absolute Gasteiger partial charge is 0.478 e. The second kappa shape index (κ2) is 10.9. The van der Waals surface area contributed by atoms with Gasteiger partial charge in [-0.15, -0.1) is 0 Å². The lowest BCUT2D eigenvalue weighted by molar-refractivity contribution is -0.162. The third-order valence-corrected chi connectivity index (χ3v) is 8.43. The maximum atomic E-state index is 12.6. The fourth-order valence-corrected chi connectivity index (χ4v) is 6.32. The third kappa shape index (κ3) is 5.44. The Hall–Kier alpha value is -2.44. The summed E-state index contributed by atoms with van der Waals surface area (Å²) in [5, 5.41) is 30.5. The number of rotatable bonds is 9. The Morgan fingerprint density at radius 1 is 1.21 bits per heavy atom. The lowest BCUT2D eigenvalue weighted by Crippen LogP contribution is -2.58. The summed E-state index contributed by atoms with van der Waals surface area (Å²) in [6.07, 6.45) is 6.32. The molecular weight excluding hydrogens is 432 g/mol. The zero-order chi connectivity index (χ0) is 24.9. The Kier molecular flexibility index (Phi) is 8.37. The zero-order valence-electron chi connectivity index (χ0n) is 20.5. The van der Waals surface area contributed by atoms with Crippen molar-refractivity contribution in [1.82, 2.24) is 0 Å². The van der Waals surface area contributed by atoms with E-state index in [2.05, 4.69) is 13.0 Å². The van der Waals surface area contributed by atoms with Crippen LogP contribution >= 0.6 is 0 Å². The molecular formula is C28H38O6. The molecule has 0 bridgehead atoms. The number of ether oxygens (including phenoxy) is 1. The summed E-state index contributed by atoms with van der Waals surface area (Å²) < 4.78 is 5.74. The summed E-state index contributed by atoms with van der Waals surface area (Å²) in [6, 6.07) is 9.47. The van der Waals surface area contributed by atoms with E-state index in [1.165, 1.54) is 6.08 Å². The van der Waals surface area contributed by atoms with Crippen LogP contribution in [-0.4, -0.2) is 46.6 Å². The van der Waals surface area contributed by atoms with Gasteiger partial charge in [-0.25, -0.2) is 4.79 Å². The van der Waals surface area contributed by atoms with E-state index in [4.69, 9.17) is 9.84 Å². The van der Waals surface area contributed by atoms with Crippen LogP contribution in [0.25, 0.3) is 0 Å². The minimum absolute atomic E-state index is 0.0732. The van der Waals surface area contributed by atoms with Gasteiger partial charge in [0.15, 0.2) is 0 Å². The number of aliphatic hydroxyl groups is 2. The first kappa shape index (κ1) is 26.2. The van der Waals surface area contributed by atoms with Crippen molar-refractivity contribution in [1.29, 1.82) is 0 Å². The number of fused-ring (bicyclic) bond motifs is 1. The summed E-state index contributed by atoms with van der Waals surface area (Å²) in [5.41, 5.74) is 1.70. The molecule has 186 valence electrons. The van der Waals surface area contributed by atoms with E-state index in [9.17, 15) is 19.8 Å². The Morgan fingerprint density at radius 2 is 1.91 bits per heavy atom. The number of carbonyl (C=O) groups excluding carboxylic acids is 1. The van der Waals surface area contributed by atoms with Gasteiger partial charge in [-0.2, -0.15) is 0 Å². The number of hydrogen-bond donors (Lipinski definition) is 3. The SMILES string of the molecule is CC(=CC(=O)O)CC[C@@]1(C)[C@H](COC(=O)Cc2ccccc2)C[C@H](O)[C@@]2(C)C(CO)=CCC[C@H]12. The zero-order valence-corrected chi connectivity index (χ0v) is 20.5. The van der Waals surface area contributed by atoms with Crippen LogP contribution < -0.4 is 0 Å².